The third kappa shape index (κ3) is 4.64. The first-order valence-corrected chi connectivity index (χ1v) is 8.16. The molecule has 0 aliphatic carbocycles. The van der Waals surface area contributed by atoms with Crippen LogP contribution in [-0.2, 0) is 4.74 Å². The van der Waals surface area contributed by atoms with Gasteiger partial charge in [-0.25, -0.2) is 4.79 Å². The zero-order valence-corrected chi connectivity index (χ0v) is 13.9. The van der Waals surface area contributed by atoms with Gasteiger partial charge in [0.25, 0.3) is 5.91 Å². The summed E-state index contributed by atoms with van der Waals surface area (Å²) in [5.74, 6) is -0.547. The molecule has 0 spiro atoms. The first kappa shape index (κ1) is 17.2. The Labute approximate surface area is 138 Å². The molecule has 1 unspecified atom stereocenters. The largest absolute Gasteiger partial charge is 0.462 e. The van der Waals surface area contributed by atoms with Gasteiger partial charge in [-0.1, -0.05) is 12.1 Å². The molecule has 0 aliphatic heterocycles. The monoisotopic (exact) mass is 333 g/mol. The number of benzene rings is 1. The molecule has 6 heteroatoms. The number of rotatable bonds is 6. The van der Waals surface area contributed by atoms with Crippen molar-refractivity contribution in [3.05, 3.63) is 46.8 Å². The molecular weight excluding hydrogens is 314 g/mol. The van der Waals surface area contributed by atoms with Crippen LogP contribution < -0.4 is 5.32 Å². The maximum atomic E-state index is 11.9. The van der Waals surface area contributed by atoms with Crippen LogP contribution in [0.4, 0.5) is 0 Å². The summed E-state index contributed by atoms with van der Waals surface area (Å²) in [4.78, 5) is 25.0. The number of amides is 1. The zero-order chi connectivity index (χ0) is 16.8. The molecule has 0 bridgehead atoms. The fourth-order valence-electron chi connectivity index (χ4n) is 1.93. The summed E-state index contributed by atoms with van der Waals surface area (Å²) in [6.07, 6.45) is -0.578. The fourth-order valence-corrected chi connectivity index (χ4v) is 2.84. The lowest BCUT2D eigenvalue weighted by Gasteiger charge is -2.07. The molecule has 23 heavy (non-hydrogen) atoms. The van der Waals surface area contributed by atoms with Gasteiger partial charge >= 0.3 is 5.97 Å². The zero-order valence-electron chi connectivity index (χ0n) is 13.0. The number of ether oxygens (including phenoxy) is 1. The van der Waals surface area contributed by atoms with Crippen molar-refractivity contribution in [2.45, 2.75) is 20.0 Å². The molecule has 5 nitrogen and oxygen atoms in total. The number of aliphatic hydroxyl groups is 1. The standard InChI is InChI=1S/C17H19NO4S/c1-3-22-17(21)15-9-8-14(23-15)12-4-6-13(7-5-12)16(20)18-10-11(2)19/h4-9,11,19H,3,10H2,1-2H3,(H,18,20). The van der Waals surface area contributed by atoms with Gasteiger partial charge in [-0.05, 0) is 43.7 Å². The summed E-state index contributed by atoms with van der Waals surface area (Å²) in [6.45, 7) is 3.95. The molecule has 1 heterocycles. The van der Waals surface area contributed by atoms with Crippen LogP contribution in [0, 0.1) is 0 Å². The SMILES string of the molecule is CCOC(=O)c1ccc(-c2ccc(C(=O)NCC(C)O)cc2)s1. The number of hydrogen-bond donors (Lipinski definition) is 2. The van der Waals surface area contributed by atoms with E-state index >= 15 is 0 Å². The van der Waals surface area contributed by atoms with Crippen LogP contribution in [0.3, 0.4) is 0 Å². The predicted molar refractivity (Wildman–Crippen MR) is 89.7 cm³/mol. The fraction of sp³-hybridized carbons (Fsp3) is 0.294. The molecule has 1 amide bonds. The van der Waals surface area contributed by atoms with Gasteiger partial charge in [0.2, 0.25) is 0 Å². The van der Waals surface area contributed by atoms with Gasteiger partial charge in [0.1, 0.15) is 4.88 Å². The third-order valence-corrected chi connectivity index (χ3v) is 4.19. The van der Waals surface area contributed by atoms with Crippen molar-refractivity contribution in [1.82, 2.24) is 5.32 Å². The second-order valence-corrected chi connectivity index (χ2v) is 6.10. The number of aliphatic hydroxyl groups excluding tert-OH is 1. The van der Waals surface area contributed by atoms with Gasteiger partial charge in [-0.2, -0.15) is 0 Å². The topological polar surface area (TPSA) is 75.6 Å². The summed E-state index contributed by atoms with van der Waals surface area (Å²) in [5, 5.41) is 11.8. The molecule has 0 saturated heterocycles. The number of hydrogen-bond acceptors (Lipinski definition) is 5. The highest BCUT2D eigenvalue weighted by atomic mass is 32.1. The minimum atomic E-state index is -0.578. The molecule has 1 atom stereocenters. The van der Waals surface area contributed by atoms with Crippen molar-refractivity contribution in [3.63, 3.8) is 0 Å². The first-order chi connectivity index (χ1) is 11.0. The molecule has 122 valence electrons. The van der Waals surface area contributed by atoms with Crippen LogP contribution in [0.2, 0.25) is 0 Å². The molecule has 0 radical (unpaired) electrons. The molecule has 0 aliphatic rings. The van der Waals surface area contributed by atoms with Gasteiger partial charge in [0.15, 0.2) is 0 Å². The highest BCUT2D eigenvalue weighted by Gasteiger charge is 2.12. The Kier molecular flexibility index (Phi) is 5.90. The van der Waals surface area contributed by atoms with Crippen molar-refractivity contribution < 1.29 is 19.4 Å². The lowest BCUT2D eigenvalue weighted by atomic mass is 10.1. The van der Waals surface area contributed by atoms with E-state index in [0.29, 0.717) is 17.0 Å². The van der Waals surface area contributed by atoms with Crippen LogP contribution in [-0.4, -0.2) is 36.2 Å². The second kappa shape index (κ2) is 7.89. The minimum Gasteiger partial charge on any atom is -0.462 e. The summed E-state index contributed by atoms with van der Waals surface area (Å²) in [5.41, 5.74) is 1.45. The average Bonchev–Trinajstić information content (AvgIpc) is 3.03. The van der Waals surface area contributed by atoms with Crippen LogP contribution >= 0.6 is 11.3 Å². The smallest absolute Gasteiger partial charge is 0.348 e. The Bertz CT molecular complexity index is 676. The molecule has 0 fully saturated rings. The second-order valence-electron chi connectivity index (χ2n) is 5.02. The van der Waals surface area contributed by atoms with E-state index in [1.807, 2.05) is 18.2 Å². The number of esters is 1. The normalized spacial score (nSPS) is 11.8. The number of carbonyl (C=O) groups is 2. The number of carbonyl (C=O) groups excluding carboxylic acids is 2. The highest BCUT2D eigenvalue weighted by Crippen LogP contribution is 2.28. The quantitative estimate of drug-likeness (QED) is 0.797. The van der Waals surface area contributed by atoms with E-state index in [1.54, 1.807) is 32.0 Å². The summed E-state index contributed by atoms with van der Waals surface area (Å²) in [6, 6.07) is 10.7. The van der Waals surface area contributed by atoms with Crippen LogP contribution in [0.5, 0.6) is 0 Å². The third-order valence-electron chi connectivity index (χ3n) is 3.07. The molecular formula is C17H19NO4S. The van der Waals surface area contributed by atoms with E-state index in [-0.39, 0.29) is 18.4 Å². The summed E-state index contributed by atoms with van der Waals surface area (Å²) in [7, 11) is 0. The molecule has 2 rings (SSSR count). The molecule has 2 aromatic rings. The van der Waals surface area contributed by atoms with Crippen LogP contribution in [0.1, 0.15) is 33.9 Å². The van der Waals surface area contributed by atoms with E-state index in [4.69, 9.17) is 4.74 Å². The maximum Gasteiger partial charge on any atom is 0.348 e. The lowest BCUT2D eigenvalue weighted by Crippen LogP contribution is -2.30. The summed E-state index contributed by atoms with van der Waals surface area (Å²) >= 11 is 1.35. The average molecular weight is 333 g/mol. The maximum absolute atomic E-state index is 11.9. The Morgan fingerprint density at radius 2 is 1.91 bits per heavy atom. The Morgan fingerprint density at radius 3 is 2.52 bits per heavy atom. The van der Waals surface area contributed by atoms with Gasteiger partial charge in [-0.15, -0.1) is 11.3 Å². The van der Waals surface area contributed by atoms with Crippen molar-refractivity contribution >= 4 is 23.2 Å². The molecule has 1 aromatic carbocycles. The predicted octanol–water partition coefficient (Wildman–Crippen LogP) is 2.70. The number of thiophene rings is 1. The van der Waals surface area contributed by atoms with Gasteiger partial charge < -0.3 is 15.2 Å². The Morgan fingerprint density at radius 1 is 1.22 bits per heavy atom. The Hall–Kier alpha value is -2.18. The van der Waals surface area contributed by atoms with E-state index in [9.17, 15) is 14.7 Å². The van der Waals surface area contributed by atoms with Gasteiger partial charge in [-0.3, -0.25) is 4.79 Å². The molecule has 0 saturated carbocycles. The van der Waals surface area contributed by atoms with E-state index in [1.165, 1.54) is 11.3 Å². The van der Waals surface area contributed by atoms with Crippen molar-refractivity contribution in [2.24, 2.45) is 0 Å². The van der Waals surface area contributed by atoms with Crippen molar-refractivity contribution in [1.29, 1.82) is 0 Å². The van der Waals surface area contributed by atoms with E-state index in [2.05, 4.69) is 5.32 Å². The van der Waals surface area contributed by atoms with E-state index < -0.39 is 6.10 Å². The lowest BCUT2D eigenvalue weighted by molar-refractivity contribution is 0.0532. The van der Waals surface area contributed by atoms with Gasteiger partial charge in [0, 0.05) is 17.0 Å². The Balaban J connectivity index is 2.07. The molecule has 2 N–H and O–H groups in total. The minimum absolute atomic E-state index is 0.217. The first-order valence-electron chi connectivity index (χ1n) is 7.35. The van der Waals surface area contributed by atoms with Crippen molar-refractivity contribution in [3.8, 4) is 10.4 Å². The van der Waals surface area contributed by atoms with Crippen LogP contribution in [0.15, 0.2) is 36.4 Å². The molecule has 1 aromatic heterocycles. The van der Waals surface area contributed by atoms with Crippen molar-refractivity contribution in [2.75, 3.05) is 13.2 Å². The number of nitrogens with one attached hydrogen (secondary N) is 1. The van der Waals surface area contributed by atoms with E-state index in [0.717, 1.165) is 10.4 Å². The highest BCUT2D eigenvalue weighted by molar-refractivity contribution is 7.17. The summed E-state index contributed by atoms with van der Waals surface area (Å²) < 4.78 is 4.97. The van der Waals surface area contributed by atoms with Gasteiger partial charge in [0.05, 0.1) is 12.7 Å². The van der Waals surface area contributed by atoms with Crippen LogP contribution in [0.25, 0.3) is 10.4 Å².